The highest BCUT2D eigenvalue weighted by Crippen LogP contribution is 2.10. The van der Waals surface area contributed by atoms with Crippen molar-refractivity contribution in [2.45, 2.75) is 26.7 Å². The van der Waals surface area contributed by atoms with Gasteiger partial charge in [-0.1, -0.05) is 42.5 Å². The Labute approximate surface area is 141 Å². The van der Waals surface area contributed by atoms with E-state index in [0.29, 0.717) is 5.71 Å². The Bertz CT molecular complexity index is 739. The van der Waals surface area contributed by atoms with Crippen molar-refractivity contribution in [1.82, 2.24) is 5.43 Å². The SMILES string of the molecule is C/C(=N/NC(=O)CCC(=O)Nc1cccc(C)c1)c1ccccc1. The Morgan fingerprint density at radius 3 is 2.38 bits per heavy atom. The Hall–Kier alpha value is -2.95. The maximum Gasteiger partial charge on any atom is 0.240 e. The smallest absolute Gasteiger partial charge is 0.240 e. The fourth-order valence-corrected chi connectivity index (χ4v) is 2.12. The van der Waals surface area contributed by atoms with E-state index < -0.39 is 0 Å². The van der Waals surface area contributed by atoms with Gasteiger partial charge in [0.15, 0.2) is 0 Å². The Kier molecular flexibility index (Phi) is 6.25. The summed E-state index contributed by atoms with van der Waals surface area (Å²) >= 11 is 0. The van der Waals surface area contributed by atoms with Crippen LogP contribution in [0.2, 0.25) is 0 Å². The molecule has 2 aromatic rings. The lowest BCUT2D eigenvalue weighted by Gasteiger charge is -2.06. The van der Waals surface area contributed by atoms with Gasteiger partial charge < -0.3 is 5.32 Å². The average molecular weight is 323 g/mol. The van der Waals surface area contributed by atoms with Crippen molar-refractivity contribution in [3.8, 4) is 0 Å². The second-order valence-electron chi connectivity index (χ2n) is 5.52. The molecule has 124 valence electrons. The summed E-state index contributed by atoms with van der Waals surface area (Å²) in [6.07, 6.45) is 0.197. The number of anilines is 1. The lowest BCUT2D eigenvalue weighted by Crippen LogP contribution is -2.21. The van der Waals surface area contributed by atoms with Gasteiger partial charge in [-0.05, 0) is 37.1 Å². The molecule has 2 amide bonds. The minimum atomic E-state index is -0.287. The molecule has 0 atom stereocenters. The first-order valence-electron chi connectivity index (χ1n) is 7.79. The molecule has 2 rings (SSSR count). The van der Waals surface area contributed by atoms with Crippen LogP contribution in [0.5, 0.6) is 0 Å². The molecule has 0 heterocycles. The maximum atomic E-state index is 11.9. The number of carbonyl (C=O) groups is 2. The number of hydrogen-bond acceptors (Lipinski definition) is 3. The summed E-state index contributed by atoms with van der Waals surface area (Å²) in [6.45, 7) is 3.77. The first kappa shape index (κ1) is 17.4. The summed E-state index contributed by atoms with van der Waals surface area (Å²) in [7, 11) is 0. The van der Waals surface area contributed by atoms with Crippen LogP contribution >= 0.6 is 0 Å². The van der Waals surface area contributed by atoms with Crippen LogP contribution < -0.4 is 10.7 Å². The average Bonchev–Trinajstić information content (AvgIpc) is 2.58. The van der Waals surface area contributed by atoms with Crippen molar-refractivity contribution in [2.24, 2.45) is 5.10 Å². The number of amides is 2. The van der Waals surface area contributed by atoms with Gasteiger partial charge in [0, 0.05) is 18.5 Å². The molecule has 0 aliphatic heterocycles. The molecular weight excluding hydrogens is 302 g/mol. The summed E-state index contributed by atoms with van der Waals surface area (Å²) in [4.78, 5) is 23.7. The number of hydrogen-bond donors (Lipinski definition) is 2. The standard InChI is InChI=1S/C19H21N3O2/c1-14-7-6-10-17(13-14)20-18(23)11-12-19(24)22-21-15(2)16-8-4-3-5-9-16/h3-10,13H,11-12H2,1-2H3,(H,20,23)(H,22,24)/b21-15-. The van der Waals surface area contributed by atoms with Crippen molar-refractivity contribution in [2.75, 3.05) is 5.32 Å². The quantitative estimate of drug-likeness (QED) is 0.633. The summed E-state index contributed by atoms with van der Waals surface area (Å²) < 4.78 is 0. The predicted molar refractivity (Wildman–Crippen MR) is 95.8 cm³/mol. The maximum absolute atomic E-state index is 11.9. The molecule has 0 unspecified atom stereocenters. The largest absolute Gasteiger partial charge is 0.326 e. The van der Waals surface area contributed by atoms with Crippen LogP contribution in [0, 0.1) is 6.92 Å². The number of benzene rings is 2. The van der Waals surface area contributed by atoms with E-state index in [-0.39, 0.29) is 24.7 Å². The van der Waals surface area contributed by atoms with Crippen LogP contribution in [0.25, 0.3) is 0 Å². The highest BCUT2D eigenvalue weighted by molar-refractivity contribution is 5.99. The number of carbonyl (C=O) groups excluding carboxylic acids is 2. The summed E-state index contributed by atoms with van der Waals surface area (Å²) in [5.74, 6) is -0.482. The molecule has 0 saturated heterocycles. The van der Waals surface area contributed by atoms with E-state index in [9.17, 15) is 9.59 Å². The van der Waals surface area contributed by atoms with Gasteiger partial charge >= 0.3 is 0 Å². The Morgan fingerprint density at radius 1 is 0.958 bits per heavy atom. The predicted octanol–water partition coefficient (Wildman–Crippen LogP) is 3.25. The van der Waals surface area contributed by atoms with E-state index in [1.807, 2.05) is 68.4 Å². The van der Waals surface area contributed by atoms with Crippen LogP contribution in [-0.4, -0.2) is 17.5 Å². The summed E-state index contributed by atoms with van der Waals surface area (Å²) in [6, 6.07) is 17.1. The van der Waals surface area contributed by atoms with Crippen LogP contribution in [0.15, 0.2) is 59.7 Å². The van der Waals surface area contributed by atoms with Crippen LogP contribution in [0.3, 0.4) is 0 Å². The molecule has 0 saturated carbocycles. The van der Waals surface area contributed by atoms with Gasteiger partial charge in [-0.2, -0.15) is 5.10 Å². The number of nitrogens with zero attached hydrogens (tertiary/aromatic N) is 1. The molecule has 0 fully saturated rings. The molecule has 0 aliphatic rings. The topological polar surface area (TPSA) is 70.6 Å². The molecule has 0 bridgehead atoms. The Morgan fingerprint density at radius 2 is 1.67 bits per heavy atom. The molecule has 24 heavy (non-hydrogen) atoms. The normalized spacial score (nSPS) is 11.0. The zero-order valence-electron chi connectivity index (χ0n) is 13.9. The van der Waals surface area contributed by atoms with E-state index in [0.717, 1.165) is 16.8 Å². The van der Waals surface area contributed by atoms with E-state index in [1.165, 1.54) is 0 Å². The monoisotopic (exact) mass is 323 g/mol. The van der Waals surface area contributed by atoms with Crippen molar-refractivity contribution in [3.05, 3.63) is 65.7 Å². The van der Waals surface area contributed by atoms with E-state index in [1.54, 1.807) is 0 Å². The molecule has 0 aliphatic carbocycles. The van der Waals surface area contributed by atoms with Crippen molar-refractivity contribution in [1.29, 1.82) is 0 Å². The molecule has 2 aromatic carbocycles. The van der Waals surface area contributed by atoms with E-state index in [4.69, 9.17) is 0 Å². The lowest BCUT2D eigenvalue weighted by atomic mass is 10.1. The Balaban J connectivity index is 1.77. The van der Waals surface area contributed by atoms with Gasteiger partial charge in [0.05, 0.1) is 5.71 Å². The molecule has 0 aromatic heterocycles. The van der Waals surface area contributed by atoms with Crippen molar-refractivity contribution in [3.63, 3.8) is 0 Å². The third-order valence-corrected chi connectivity index (χ3v) is 3.42. The zero-order chi connectivity index (χ0) is 17.4. The van der Waals surface area contributed by atoms with Crippen molar-refractivity contribution < 1.29 is 9.59 Å². The third-order valence-electron chi connectivity index (χ3n) is 3.42. The zero-order valence-corrected chi connectivity index (χ0v) is 13.9. The molecule has 2 N–H and O–H groups in total. The first-order valence-corrected chi connectivity index (χ1v) is 7.79. The number of aryl methyl sites for hydroxylation is 1. The highest BCUT2D eigenvalue weighted by Gasteiger charge is 2.07. The fraction of sp³-hybridized carbons (Fsp3) is 0.211. The second-order valence-corrected chi connectivity index (χ2v) is 5.52. The number of hydrazone groups is 1. The first-order chi connectivity index (χ1) is 11.5. The van der Waals surface area contributed by atoms with Crippen LogP contribution in [0.4, 0.5) is 5.69 Å². The molecular formula is C19H21N3O2. The second kappa shape index (κ2) is 8.62. The summed E-state index contributed by atoms with van der Waals surface area (Å²) in [5.41, 5.74) is 5.93. The fourth-order valence-electron chi connectivity index (χ4n) is 2.12. The minimum Gasteiger partial charge on any atom is -0.326 e. The summed E-state index contributed by atoms with van der Waals surface area (Å²) in [5, 5.41) is 6.83. The highest BCUT2D eigenvalue weighted by atomic mass is 16.2. The van der Waals surface area contributed by atoms with Crippen LogP contribution in [-0.2, 0) is 9.59 Å². The number of nitrogens with one attached hydrogen (secondary N) is 2. The van der Waals surface area contributed by atoms with Crippen LogP contribution in [0.1, 0.15) is 30.9 Å². The molecule has 0 spiro atoms. The molecule has 5 nitrogen and oxygen atoms in total. The van der Waals surface area contributed by atoms with Crippen molar-refractivity contribution >= 4 is 23.2 Å². The van der Waals surface area contributed by atoms with Gasteiger partial charge in [-0.25, -0.2) is 5.43 Å². The van der Waals surface area contributed by atoms with Gasteiger partial charge in [0.25, 0.3) is 0 Å². The lowest BCUT2D eigenvalue weighted by molar-refractivity contribution is -0.124. The molecule has 5 heteroatoms. The van der Waals surface area contributed by atoms with Gasteiger partial charge in [0.2, 0.25) is 11.8 Å². The van der Waals surface area contributed by atoms with Gasteiger partial charge in [-0.15, -0.1) is 0 Å². The van der Waals surface area contributed by atoms with Gasteiger partial charge in [-0.3, -0.25) is 9.59 Å². The minimum absolute atomic E-state index is 0.0865. The van der Waals surface area contributed by atoms with Gasteiger partial charge in [0.1, 0.15) is 0 Å². The van der Waals surface area contributed by atoms with E-state index in [2.05, 4.69) is 15.8 Å². The van der Waals surface area contributed by atoms with E-state index >= 15 is 0 Å². The number of rotatable bonds is 6. The molecule has 0 radical (unpaired) electrons. The third kappa shape index (κ3) is 5.68.